The predicted octanol–water partition coefficient (Wildman–Crippen LogP) is 6.30. The summed E-state index contributed by atoms with van der Waals surface area (Å²) in [5.74, 6) is 0. The first-order valence-corrected chi connectivity index (χ1v) is 19.3. The van der Waals surface area contributed by atoms with Crippen molar-refractivity contribution in [1.82, 2.24) is 19.1 Å². The Kier molecular flexibility index (Phi) is 14.3. The molecule has 0 unspecified atom stereocenters. The van der Waals surface area contributed by atoms with Gasteiger partial charge in [0.05, 0.1) is 6.20 Å². The van der Waals surface area contributed by atoms with E-state index >= 15 is 0 Å². The molecule has 0 atom stereocenters. The monoisotopic (exact) mass is 618 g/mol. The average molecular weight is 621 g/mol. The Morgan fingerprint density at radius 1 is 0.909 bits per heavy atom. The van der Waals surface area contributed by atoms with E-state index in [1.807, 2.05) is 6.07 Å². The van der Waals surface area contributed by atoms with Gasteiger partial charge in [-0.25, -0.2) is 9.97 Å². The average Bonchev–Trinajstić information content (AvgIpc) is 3.23. The maximum Gasteiger partial charge on any atom is 0.180 e. The van der Waals surface area contributed by atoms with Crippen molar-refractivity contribution in [3.05, 3.63) is 33.2 Å². The Bertz CT molecular complexity index is 937. The van der Waals surface area contributed by atoms with Gasteiger partial charge < -0.3 is 14.0 Å². The second-order valence-corrected chi connectivity index (χ2v) is 22.3. The summed E-state index contributed by atoms with van der Waals surface area (Å²) in [6.45, 7) is 16.2. The maximum absolute atomic E-state index is 8.84. The fourth-order valence-electron chi connectivity index (χ4n) is 2.18. The van der Waals surface area contributed by atoms with Crippen molar-refractivity contribution < 1.29 is 9.47 Å². The highest BCUT2D eigenvalue weighted by Gasteiger charge is 2.13. The summed E-state index contributed by atoms with van der Waals surface area (Å²) in [6, 6.07) is 6.33. The van der Waals surface area contributed by atoms with E-state index in [2.05, 4.69) is 87.2 Å². The smallest absolute Gasteiger partial charge is 0.180 e. The van der Waals surface area contributed by atoms with Gasteiger partial charge in [0.25, 0.3) is 0 Å². The van der Waals surface area contributed by atoms with Crippen molar-refractivity contribution >= 4 is 48.0 Å². The van der Waals surface area contributed by atoms with Crippen LogP contribution in [0.3, 0.4) is 0 Å². The van der Waals surface area contributed by atoms with E-state index in [1.165, 1.54) is 6.20 Å². The molecule has 0 spiro atoms. The molecule has 0 fully saturated rings. The lowest BCUT2D eigenvalue weighted by atomic mass is 10.5. The zero-order valence-electron chi connectivity index (χ0n) is 19.7. The molecule has 0 radical (unpaired) electrons. The number of hydrogen-bond donors (Lipinski definition) is 0. The van der Waals surface area contributed by atoms with Gasteiger partial charge in [0, 0.05) is 35.6 Å². The summed E-state index contributed by atoms with van der Waals surface area (Å²) in [5, 5.41) is 17.5. The summed E-state index contributed by atoms with van der Waals surface area (Å²) >= 11 is 6.56. The molecule has 0 saturated carbocycles. The van der Waals surface area contributed by atoms with Gasteiger partial charge in [-0.2, -0.15) is 10.5 Å². The van der Waals surface area contributed by atoms with E-state index in [-0.39, 0.29) is 7.43 Å². The fourth-order valence-corrected chi connectivity index (χ4v) is 4.48. The molecule has 2 aromatic heterocycles. The minimum absolute atomic E-state index is 0. The van der Waals surface area contributed by atoms with Crippen LogP contribution in [0.5, 0.6) is 0 Å². The minimum atomic E-state index is -1.04. The molecule has 0 aliphatic heterocycles. The van der Waals surface area contributed by atoms with E-state index in [9.17, 15) is 0 Å². The third-order valence-electron chi connectivity index (χ3n) is 4.21. The third kappa shape index (κ3) is 13.3. The van der Waals surface area contributed by atoms with E-state index in [4.69, 9.17) is 20.0 Å². The van der Waals surface area contributed by atoms with Gasteiger partial charge in [-0.05, 0) is 43.9 Å². The maximum atomic E-state index is 8.84. The van der Waals surface area contributed by atoms with Crippen molar-refractivity contribution in [1.29, 1.82) is 10.5 Å². The minimum Gasteiger partial charge on any atom is -0.361 e. The summed E-state index contributed by atoms with van der Waals surface area (Å²) < 4.78 is 15.9. The SMILES string of the molecule is C.C[Si](C)(C)CCOCn1c(C#N)cnc1Br.C[Si](C)(C)CCOCn1cc(C#N)nc1Br. The lowest BCUT2D eigenvalue weighted by Crippen LogP contribution is -2.22. The van der Waals surface area contributed by atoms with E-state index in [0.717, 1.165) is 25.3 Å². The Labute approximate surface area is 217 Å². The van der Waals surface area contributed by atoms with Gasteiger partial charge >= 0.3 is 0 Å². The summed E-state index contributed by atoms with van der Waals surface area (Å²) in [6.07, 6.45) is 3.21. The number of imidazole rings is 2. The standard InChI is InChI=1S/2C10H16BrN3OSi.CH4/c1-16(2,3)5-4-15-8-14-7-9(6-12)13-10(14)11;1-16(2,3)5-4-15-8-14-9(6-12)7-13-10(14)11;/h2*7H,4-5,8H2,1-3H3;1H4. The van der Waals surface area contributed by atoms with Crippen LogP contribution in [0, 0.1) is 22.7 Å². The number of hydrogen-bond acceptors (Lipinski definition) is 6. The number of aromatic nitrogens is 4. The lowest BCUT2D eigenvalue weighted by molar-refractivity contribution is 0.0850. The van der Waals surface area contributed by atoms with Crippen molar-refractivity contribution in [2.24, 2.45) is 0 Å². The number of nitrogens with zero attached hydrogens (tertiary/aromatic N) is 6. The van der Waals surface area contributed by atoms with Crippen LogP contribution < -0.4 is 0 Å². The van der Waals surface area contributed by atoms with E-state index in [1.54, 1.807) is 15.3 Å². The van der Waals surface area contributed by atoms with Crippen LogP contribution in [-0.4, -0.2) is 48.5 Å². The van der Waals surface area contributed by atoms with Crippen LogP contribution >= 0.6 is 31.9 Å². The Balaban J connectivity index is 0.000000602. The molecule has 2 rings (SSSR count). The number of nitriles is 2. The molecule has 8 nitrogen and oxygen atoms in total. The normalized spacial score (nSPS) is 11.1. The molecular formula is C21H36Br2N6O2Si2. The molecule has 2 aromatic rings. The molecule has 0 aliphatic carbocycles. The highest BCUT2D eigenvalue weighted by atomic mass is 79.9. The fraction of sp³-hybridized carbons (Fsp3) is 0.619. The number of rotatable bonds is 10. The van der Waals surface area contributed by atoms with E-state index < -0.39 is 16.1 Å². The second-order valence-electron chi connectivity index (χ2n) is 9.63. The van der Waals surface area contributed by atoms with Crippen LogP contribution in [-0.2, 0) is 22.9 Å². The molecule has 2 heterocycles. The first kappa shape index (κ1) is 31.7. The molecule has 12 heteroatoms. The van der Waals surface area contributed by atoms with Gasteiger partial charge in [-0.3, -0.25) is 4.57 Å². The number of halogens is 2. The molecule has 184 valence electrons. The lowest BCUT2D eigenvalue weighted by Gasteiger charge is -2.15. The predicted molar refractivity (Wildman–Crippen MR) is 144 cm³/mol. The van der Waals surface area contributed by atoms with Crippen LogP contribution in [0.15, 0.2) is 21.9 Å². The van der Waals surface area contributed by atoms with Gasteiger partial charge in [-0.1, -0.05) is 46.7 Å². The quantitative estimate of drug-likeness (QED) is 0.229. The first-order valence-electron chi connectivity index (χ1n) is 10.3. The van der Waals surface area contributed by atoms with Gasteiger partial charge in [-0.15, -0.1) is 0 Å². The zero-order chi connectivity index (χ0) is 24.4. The van der Waals surface area contributed by atoms with Gasteiger partial charge in [0.15, 0.2) is 15.2 Å². The number of ether oxygens (including phenoxy) is 2. The Hall–Kier alpha value is -1.29. The molecule has 33 heavy (non-hydrogen) atoms. The topological polar surface area (TPSA) is 102 Å². The Morgan fingerprint density at radius 2 is 1.45 bits per heavy atom. The largest absolute Gasteiger partial charge is 0.361 e. The summed E-state index contributed by atoms with van der Waals surface area (Å²) in [7, 11) is -2.07. The third-order valence-corrected chi connectivity index (χ3v) is 8.88. The van der Waals surface area contributed by atoms with Crippen LogP contribution in [0.1, 0.15) is 18.8 Å². The first-order chi connectivity index (χ1) is 14.9. The van der Waals surface area contributed by atoms with Crippen molar-refractivity contribution in [2.75, 3.05) is 13.2 Å². The summed E-state index contributed by atoms with van der Waals surface area (Å²) in [4.78, 5) is 8.00. The molecule has 0 aliphatic rings. The van der Waals surface area contributed by atoms with Crippen LogP contribution in [0.2, 0.25) is 51.4 Å². The zero-order valence-corrected chi connectivity index (χ0v) is 24.8. The van der Waals surface area contributed by atoms with Crippen molar-refractivity contribution in [3.63, 3.8) is 0 Å². The van der Waals surface area contributed by atoms with Crippen molar-refractivity contribution in [2.45, 2.75) is 72.3 Å². The highest BCUT2D eigenvalue weighted by molar-refractivity contribution is 9.10. The van der Waals surface area contributed by atoms with Crippen LogP contribution in [0.4, 0.5) is 0 Å². The van der Waals surface area contributed by atoms with Gasteiger partial charge in [0.2, 0.25) is 0 Å². The molecule has 0 saturated heterocycles. The van der Waals surface area contributed by atoms with Crippen LogP contribution in [0.25, 0.3) is 0 Å². The molecule has 0 aromatic carbocycles. The van der Waals surface area contributed by atoms with Crippen molar-refractivity contribution in [3.8, 4) is 12.1 Å². The second kappa shape index (κ2) is 14.9. The van der Waals surface area contributed by atoms with E-state index in [0.29, 0.717) is 34.3 Å². The van der Waals surface area contributed by atoms with Gasteiger partial charge in [0.1, 0.15) is 31.3 Å². The molecular weight excluding hydrogens is 584 g/mol. The molecule has 0 amide bonds. The highest BCUT2D eigenvalue weighted by Crippen LogP contribution is 2.13. The Morgan fingerprint density at radius 3 is 1.91 bits per heavy atom. The summed E-state index contributed by atoms with van der Waals surface area (Å²) in [5.41, 5.74) is 0.917. The molecule has 0 bridgehead atoms. The molecule has 0 N–H and O–H groups in total.